The van der Waals surface area contributed by atoms with E-state index < -0.39 is 10.0 Å². The van der Waals surface area contributed by atoms with Gasteiger partial charge < -0.3 is 10.1 Å². The van der Waals surface area contributed by atoms with Gasteiger partial charge in [-0.1, -0.05) is 11.6 Å². The first-order valence-electron chi connectivity index (χ1n) is 6.38. The Morgan fingerprint density at radius 1 is 1.57 bits per heavy atom. The van der Waals surface area contributed by atoms with Gasteiger partial charge >= 0.3 is 0 Å². The van der Waals surface area contributed by atoms with Gasteiger partial charge in [-0.3, -0.25) is 0 Å². The van der Waals surface area contributed by atoms with E-state index >= 15 is 0 Å². The smallest absolute Gasteiger partial charge is 0.250 e. The lowest BCUT2D eigenvalue weighted by atomic mass is 9.99. The minimum Gasteiger partial charge on any atom is -0.383 e. The van der Waals surface area contributed by atoms with Crippen LogP contribution in [0, 0.1) is 6.92 Å². The Bertz CT molecular complexity index is 550. The first-order chi connectivity index (χ1) is 9.38. The van der Waals surface area contributed by atoms with E-state index in [0.29, 0.717) is 17.5 Å². The van der Waals surface area contributed by atoms with Crippen molar-refractivity contribution >= 4 is 45.4 Å². The van der Waals surface area contributed by atoms with Crippen molar-refractivity contribution in [1.29, 1.82) is 0 Å². The van der Waals surface area contributed by atoms with Crippen molar-refractivity contribution in [2.24, 2.45) is 0 Å². The summed E-state index contributed by atoms with van der Waals surface area (Å²) in [5.41, 5.74) is 0.473. The lowest BCUT2D eigenvalue weighted by molar-refractivity contribution is 0.122. The molecule has 9 heteroatoms. The molecule has 1 aliphatic heterocycles. The fraction of sp³-hybridized carbons (Fsp3) is 0.667. The van der Waals surface area contributed by atoms with Crippen LogP contribution in [0.4, 0.5) is 0 Å². The van der Waals surface area contributed by atoms with Crippen LogP contribution in [-0.2, 0) is 14.8 Å². The zero-order valence-electron chi connectivity index (χ0n) is 11.9. The van der Waals surface area contributed by atoms with Gasteiger partial charge in [0.05, 0.1) is 16.5 Å². The zero-order chi connectivity index (χ0) is 14.8. The van der Waals surface area contributed by atoms with Crippen molar-refractivity contribution in [2.75, 3.05) is 26.8 Å². The summed E-state index contributed by atoms with van der Waals surface area (Å²) in [5.74, 6) is 0. The molecule has 122 valence electrons. The van der Waals surface area contributed by atoms with Gasteiger partial charge in [0.25, 0.3) is 0 Å². The molecule has 0 bridgehead atoms. The topological polar surface area (TPSA) is 67.4 Å². The number of nitrogens with one attached hydrogen (secondary N) is 2. The van der Waals surface area contributed by atoms with Gasteiger partial charge in [-0.15, -0.1) is 23.7 Å². The third-order valence-corrected chi connectivity index (χ3v) is 6.88. The maximum atomic E-state index is 12.3. The van der Waals surface area contributed by atoms with E-state index in [0.717, 1.165) is 36.3 Å². The van der Waals surface area contributed by atoms with Crippen LogP contribution in [0.1, 0.15) is 18.4 Å². The average Bonchev–Trinajstić information content (AvgIpc) is 2.97. The molecule has 1 saturated heterocycles. The van der Waals surface area contributed by atoms with Gasteiger partial charge in [-0.25, -0.2) is 13.1 Å². The Morgan fingerprint density at radius 3 is 2.76 bits per heavy atom. The van der Waals surface area contributed by atoms with Gasteiger partial charge in [0, 0.05) is 13.7 Å². The standard InChI is InChI=1S/C12H19ClN2O3S2.ClH/c1-9-6-10(19-11(9)13)20(16,17)15-7-12(8-18-2)4-3-5-14-12;/h6,14-15H,3-5,7-8H2,1-2H3;1H. The molecule has 0 radical (unpaired) electrons. The molecule has 1 unspecified atom stereocenters. The summed E-state index contributed by atoms with van der Waals surface area (Å²) in [4.78, 5) is 0. The first-order valence-corrected chi connectivity index (χ1v) is 9.06. The highest BCUT2D eigenvalue weighted by molar-refractivity contribution is 7.91. The summed E-state index contributed by atoms with van der Waals surface area (Å²) in [5, 5.41) is 3.34. The maximum absolute atomic E-state index is 12.3. The van der Waals surface area contributed by atoms with E-state index in [9.17, 15) is 8.42 Å². The highest BCUT2D eigenvalue weighted by Crippen LogP contribution is 2.30. The molecule has 0 saturated carbocycles. The van der Waals surface area contributed by atoms with Crippen LogP contribution < -0.4 is 10.0 Å². The highest BCUT2D eigenvalue weighted by Gasteiger charge is 2.35. The van der Waals surface area contributed by atoms with Crippen LogP contribution in [0.15, 0.2) is 10.3 Å². The molecule has 1 aromatic rings. The maximum Gasteiger partial charge on any atom is 0.250 e. The second kappa shape index (κ2) is 7.59. The van der Waals surface area contributed by atoms with Gasteiger partial charge in [-0.05, 0) is 37.9 Å². The summed E-state index contributed by atoms with van der Waals surface area (Å²) < 4.78 is 33.2. The molecule has 2 N–H and O–H groups in total. The molecule has 1 aromatic heterocycles. The Balaban J connectivity index is 0.00000220. The zero-order valence-corrected chi connectivity index (χ0v) is 15.1. The van der Waals surface area contributed by atoms with Crippen molar-refractivity contribution in [1.82, 2.24) is 10.0 Å². The van der Waals surface area contributed by atoms with Crippen LogP contribution >= 0.6 is 35.3 Å². The number of thiophene rings is 1. The van der Waals surface area contributed by atoms with E-state index in [-0.39, 0.29) is 22.2 Å². The van der Waals surface area contributed by atoms with Gasteiger partial charge in [0.2, 0.25) is 10.0 Å². The molecule has 0 aliphatic carbocycles. The molecule has 1 fully saturated rings. The number of rotatable bonds is 6. The fourth-order valence-corrected chi connectivity index (χ4v) is 5.22. The summed E-state index contributed by atoms with van der Waals surface area (Å²) in [6.45, 7) is 3.48. The van der Waals surface area contributed by atoms with Crippen molar-refractivity contribution in [3.8, 4) is 0 Å². The third kappa shape index (κ3) is 4.54. The van der Waals surface area contributed by atoms with Crippen molar-refractivity contribution < 1.29 is 13.2 Å². The Labute approximate surface area is 140 Å². The van der Waals surface area contributed by atoms with Crippen LogP contribution in [0.5, 0.6) is 0 Å². The fourth-order valence-electron chi connectivity index (χ4n) is 2.34. The van der Waals surface area contributed by atoms with Gasteiger partial charge in [0.15, 0.2) is 0 Å². The molecule has 2 heterocycles. The number of sulfonamides is 1. The molecule has 0 amide bonds. The van der Waals surface area contributed by atoms with E-state index in [2.05, 4.69) is 10.0 Å². The minimum absolute atomic E-state index is 0. The Hall–Kier alpha value is 0.110. The van der Waals surface area contributed by atoms with Crippen molar-refractivity contribution in [3.05, 3.63) is 16.0 Å². The van der Waals surface area contributed by atoms with Crippen LogP contribution in [0.3, 0.4) is 0 Å². The normalized spacial score (nSPS) is 22.2. The molecule has 2 rings (SSSR count). The van der Waals surface area contributed by atoms with Gasteiger partial charge in [-0.2, -0.15) is 0 Å². The van der Waals surface area contributed by atoms with E-state index in [4.69, 9.17) is 16.3 Å². The monoisotopic (exact) mass is 374 g/mol. The number of methoxy groups -OCH3 is 1. The SMILES string of the molecule is COCC1(CNS(=O)(=O)c2cc(C)c(Cl)s2)CCCN1.Cl. The number of hydrogen-bond donors (Lipinski definition) is 2. The molecular formula is C12H20Cl2N2O3S2. The molecular weight excluding hydrogens is 355 g/mol. The molecule has 1 aliphatic rings. The Morgan fingerprint density at radius 2 is 2.29 bits per heavy atom. The summed E-state index contributed by atoms with van der Waals surface area (Å²) in [6, 6.07) is 1.60. The predicted molar refractivity (Wildman–Crippen MR) is 88.3 cm³/mol. The van der Waals surface area contributed by atoms with Crippen LogP contribution in [-0.4, -0.2) is 40.8 Å². The summed E-state index contributed by atoms with van der Waals surface area (Å²) in [6.07, 6.45) is 1.92. The second-order valence-electron chi connectivity index (χ2n) is 5.09. The van der Waals surface area contributed by atoms with Crippen LogP contribution in [0.25, 0.3) is 0 Å². The molecule has 5 nitrogen and oxygen atoms in total. The first kappa shape index (κ1) is 19.2. The quantitative estimate of drug-likeness (QED) is 0.800. The lowest BCUT2D eigenvalue weighted by Gasteiger charge is -2.28. The minimum atomic E-state index is -3.52. The van der Waals surface area contributed by atoms with Crippen molar-refractivity contribution in [2.45, 2.75) is 29.5 Å². The van der Waals surface area contributed by atoms with Gasteiger partial charge in [0.1, 0.15) is 4.21 Å². The number of halogens is 2. The average molecular weight is 375 g/mol. The largest absolute Gasteiger partial charge is 0.383 e. The summed E-state index contributed by atoms with van der Waals surface area (Å²) in [7, 11) is -1.89. The van der Waals surface area contributed by atoms with E-state index in [1.165, 1.54) is 0 Å². The van der Waals surface area contributed by atoms with Crippen LogP contribution in [0.2, 0.25) is 4.34 Å². The number of aryl methyl sites for hydroxylation is 1. The van der Waals surface area contributed by atoms with Crippen molar-refractivity contribution in [3.63, 3.8) is 0 Å². The highest BCUT2D eigenvalue weighted by atomic mass is 35.5. The predicted octanol–water partition coefficient (Wildman–Crippen LogP) is 2.18. The second-order valence-corrected chi connectivity index (χ2v) is 8.74. The molecule has 21 heavy (non-hydrogen) atoms. The van der Waals surface area contributed by atoms with E-state index in [1.54, 1.807) is 20.1 Å². The lowest BCUT2D eigenvalue weighted by Crippen LogP contribution is -2.52. The summed E-state index contributed by atoms with van der Waals surface area (Å²) >= 11 is 7.01. The number of hydrogen-bond acceptors (Lipinski definition) is 5. The Kier molecular flexibility index (Phi) is 6.92. The molecule has 0 aromatic carbocycles. The molecule has 0 spiro atoms. The van der Waals surface area contributed by atoms with E-state index in [1.807, 2.05) is 0 Å². The third-order valence-electron chi connectivity index (χ3n) is 3.45. The number of ether oxygens (including phenoxy) is 1. The molecule has 1 atom stereocenters.